The average molecular weight is 639 g/mol. The molecule has 3 aromatic rings. The molecule has 4 rings (SSSR count). The van der Waals surface area contributed by atoms with Crippen LogP contribution in [-0.2, 0) is 31.1 Å². The van der Waals surface area contributed by atoms with Crippen molar-refractivity contribution in [1.82, 2.24) is 19.8 Å². The molecular weight excluding hydrogens is 609 g/mol. The van der Waals surface area contributed by atoms with E-state index in [2.05, 4.69) is 9.82 Å². The summed E-state index contributed by atoms with van der Waals surface area (Å²) in [6.07, 6.45) is -5.80. The molecule has 44 heavy (non-hydrogen) atoms. The van der Waals surface area contributed by atoms with E-state index in [1.165, 1.54) is 29.7 Å². The number of halogens is 3. The largest absolute Gasteiger partial charge is 0.493 e. The molecule has 16 heteroatoms. The second-order valence-electron chi connectivity index (χ2n) is 10.4. The van der Waals surface area contributed by atoms with Gasteiger partial charge in [-0.05, 0) is 56.2 Å². The Kier molecular flexibility index (Phi) is 9.46. The normalized spacial score (nSPS) is 17.6. The number of nitrogens with zero attached hydrogens (tertiary/aromatic N) is 3. The second kappa shape index (κ2) is 12.8. The number of carbonyl (C=O) groups is 3. The molecule has 1 saturated heterocycles. The lowest BCUT2D eigenvalue weighted by Gasteiger charge is -2.46. The first kappa shape index (κ1) is 32.6. The van der Waals surface area contributed by atoms with E-state index < -0.39 is 52.5 Å². The van der Waals surface area contributed by atoms with Crippen molar-refractivity contribution in [3.63, 3.8) is 0 Å². The molecule has 1 aromatic heterocycles. The zero-order valence-corrected chi connectivity index (χ0v) is 24.4. The van der Waals surface area contributed by atoms with Crippen molar-refractivity contribution < 1.29 is 50.8 Å². The number of aryl methyl sites for hydroxylation is 1. The maximum Gasteiger partial charge on any atom is 0.493 e. The molecule has 1 unspecified atom stereocenters. The van der Waals surface area contributed by atoms with Gasteiger partial charge in [-0.25, -0.2) is 18.7 Å². The number of hydrogen-bond donors (Lipinski definition) is 2. The number of sulfonamides is 1. The van der Waals surface area contributed by atoms with E-state index in [4.69, 9.17) is 9.94 Å². The fraction of sp³-hybridized carbons (Fsp3) is 0.357. The molecule has 0 bridgehead atoms. The highest BCUT2D eigenvalue weighted by molar-refractivity contribution is 7.88. The van der Waals surface area contributed by atoms with Crippen LogP contribution in [0.1, 0.15) is 40.9 Å². The number of fused-ring (bicyclic) bond motifs is 1. The van der Waals surface area contributed by atoms with Crippen molar-refractivity contribution in [3.8, 4) is 5.75 Å². The summed E-state index contributed by atoms with van der Waals surface area (Å²) in [7, 11) is -3.95. The lowest BCUT2D eigenvalue weighted by Crippen LogP contribution is -2.63. The lowest BCUT2D eigenvalue weighted by atomic mass is 9.85. The minimum atomic E-state index is -5.53. The van der Waals surface area contributed by atoms with E-state index >= 15 is 0 Å². The van der Waals surface area contributed by atoms with Crippen molar-refractivity contribution in [1.29, 1.82) is 0 Å². The third-order valence-electron chi connectivity index (χ3n) is 7.05. The first-order chi connectivity index (χ1) is 20.6. The number of hydrogen-bond acceptors (Lipinski definition) is 9. The van der Waals surface area contributed by atoms with Gasteiger partial charge < -0.3 is 9.57 Å². The summed E-state index contributed by atoms with van der Waals surface area (Å²) in [6, 6.07) is 14.5. The summed E-state index contributed by atoms with van der Waals surface area (Å²) in [6.45, 7) is 1.23. The smallest absolute Gasteiger partial charge is 0.489 e. The highest BCUT2D eigenvalue weighted by Gasteiger charge is 2.52. The first-order valence-electron chi connectivity index (χ1n) is 13.2. The molecular formula is C28H29F3N4O8S. The SMILES string of the molecule is Cc1cc(COc2ccc(C(=O)N(OC(=O)C(F)(F)F)C3(CC(=O)NO)CCCN(S(C)(=O)=O)C3)cc2)c2ccccc2n1. The fourth-order valence-corrected chi connectivity index (χ4v) is 5.98. The van der Waals surface area contributed by atoms with Crippen molar-refractivity contribution in [2.45, 2.75) is 44.5 Å². The number of hydroxylamine groups is 3. The summed E-state index contributed by atoms with van der Waals surface area (Å²) >= 11 is 0. The van der Waals surface area contributed by atoms with Gasteiger partial charge in [0.05, 0.1) is 18.2 Å². The van der Waals surface area contributed by atoms with Crippen LogP contribution in [0, 0.1) is 6.92 Å². The van der Waals surface area contributed by atoms with E-state index in [9.17, 15) is 36.0 Å². The lowest BCUT2D eigenvalue weighted by molar-refractivity contribution is -0.247. The number of piperidine rings is 1. The Morgan fingerprint density at radius 1 is 1.14 bits per heavy atom. The predicted octanol–water partition coefficient (Wildman–Crippen LogP) is 3.27. The van der Waals surface area contributed by atoms with E-state index in [1.54, 1.807) is 0 Å². The van der Waals surface area contributed by atoms with Gasteiger partial charge in [0.15, 0.2) is 0 Å². The molecule has 0 radical (unpaired) electrons. The van der Waals surface area contributed by atoms with Gasteiger partial charge in [-0.2, -0.15) is 22.5 Å². The average Bonchev–Trinajstić information content (AvgIpc) is 2.97. The third-order valence-corrected chi connectivity index (χ3v) is 8.30. The van der Waals surface area contributed by atoms with E-state index in [-0.39, 0.29) is 36.6 Å². The Morgan fingerprint density at radius 3 is 2.45 bits per heavy atom. The van der Waals surface area contributed by atoms with Gasteiger partial charge in [0, 0.05) is 35.3 Å². The number of benzene rings is 2. The number of carbonyl (C=O) groups excluding carboxylic acids is 3. The number of ether oxygens (including phenoxy) is 1. The molecule has 12 nitrogen and oxygen atoms in total. The predicted molar refractivity (Wildman–Crippen MR) is 148 cm³/mol. The number of para-hydroxylation sites is 1. The fourth-order valence-electron chi connectivity index (χ4n) is 5.05. The van der Waals surface area contributed by atoms with Crippen molar-refractivity contribution >= 4 is 38.7 Å². The van der Waals surface area contributed by atoms with E-state index in [0.29, 0.717) is 5.75 Å². The van der Waals surface area contributed by atoms with Crippen molar-refractivity contribution in [2.24, 2.45) is 0 Å². The Labute approximate surface area is 250 Å². The summed E-state index contributed by atoms with van der Waals surface area (Å²) in [5.41, 5.74) is 1.38. The van der Waals surface area contributed by atoms with Crippen molar-refractivity contribution in [2.75, 3.05) is 19.3 Å². The standard InChI is InChI=1S/C28H29F3N4O8S/c1-18-14-20(22-6-3-4-7-23(22)32-18)16-42-21-10-8-19(9-11-21)25(37)35(43-26(38)28(29,30)31)27(15-24(36)33-39)12-5-13-34(17-27)44(2,40)41/h3-4,6-11,14,39H,5,12-13,15-17H2,1-2H3,(H,33,36). The number of alkyl halides is 3. The zero-order valence-electron chi connectivity index (χ0n) is 23.6. The number of aromatic nitrogens is 1. The van der Waals surface area contributed by atoms with Gasteiger partial charge in [-0.15, -0.1) is 0 Å². The highest BCUT2D eigenvalue weighted by atomic mass is 32.2. The van der Waals surface area contributed by atoms with Crippen LogP contribution in [0.3, 0.4) is 0 Å². The summed E-state index contributed by atoms with van der Waals surface area (Å²) in [5, 5.41) is 10.1. The number of pyridine rings is 1. The van der Waals surface area contributed by atoms with Gasteiger partial charge in [0.2, 0.25) is 15.9 Å². The minimum absolute atomic E-state index is 0.00489. The molecule has 2 N–H and O–H groups in total. The number of nitrogens with one attached hydrogen (secondary N) is 1. The zero-order chi connectivity index (χ0) is 32.3. The van der Waals surface area contributed by atoms with Gasteiger partial charge in [0.25, 0.3) is 5.91 Å². The molecule has 1 aliphatic rings. The third kappa shape index (κ3) is 7.43. The maximum atomic E-state index is 13.7. The van der Waals surface area contributed by atoms with Gasteiger partial charge in [0.1, 0.15) is 17.9 Å². The number of rotatable bonds is 8. The molecule has 2 heterocycles. The summed E-state index contributed by atoms with van der Waals surface area (Å²) in [4.78, 5) is 47.0. The summed E-state index contributed by atoms with van der Waals surface area (Å²) in [5.74, 6) is -4.87. The monoisotopic (exact) mass is 638 g/mol. The first-order valence-corrected chi connectivity index (χ1v) is 15.1. The van der Waals surface area contributed by atoms with Gasteiger partial charge in [-0.1, -0.05) is 18.2 Å². The van der Waals surface area contributed by atoms with E-state index in [0.717, 1.165) is 32.7 Å². The molecule has 2 aromatic carbocycles. The molecule has 236 valence electrons. The Morgan fingerprint density at radius 2 is 1.82 bits per heavy atom. The Hall–Kier alpha value is -4.28. The van der Waals surface area contributed by atoms with Crippen LogP contribution in [-0.4, -0.2) is 76.8 Å². The Balaban J connectivity index is 1.65. The molecule has 1 fully saturated rings. The highest BCUT2D eigenvalue weighted by Crippen LogP contribution is 2.35. The van der Waals surface area contributed by atoms with Crippen LogP contribution < -0.4 is 10.2 Å². The van der Waals surface area contributed by atoms with Crippen molar-refractivity contribution in [3.05, 3.63) is 71.4 Å². The second-order valence-corrected chi connectivity index (χ2v) is 12.3. The van der Waals surface area contributed by atoms with Gasteiger partial charge in [-0.3, -0.25) is 19.8 Å². The van der Waals surface area contributed by atoms with Crippen LogP contribution >= 0.6 is 0 Å². The van der Waals surface area contributed by atoms with Crippen LogP contribution in [0.5, 0.6) is 5.75 Å². The van der Waals surface area contributed by atoms with Crippen LogP contribution in [0.2, 0.25) is 0 Å². The summed E-state index contributed by atoms with van der Waals surface area (Å²) < 4.78 is 71.3. The molecule has 0 spiro atoms. The van der Waals surface area contributed by atoms with Crippen LogP contribution in [0.15, 0.2) is 54.6 Å². The van der Waals surface area contributed by atoms with E-state index in [1.807, 2.05) is 37.3 Å². The van der Waals surface area contributed by atoms with Gasteiger partial charge >= 0.3 is 12.1 Å². The molecule has 0 saturated carbocycles. The maximum absolute atomic E-state index is 13.7. The topological polar surface area (TPSA) is 155 Å². The molecule has 0 aliphatic carbocycles. The van der Waals surface area contributed by atoms with Crippen LogP contribution in [0.4, 0.5) is 13.2 Å². The quantitative estimate of drug-likeness (QED) is 0.279. The molecule has 2 amide bonds. The Bertz CT molecular complexity index is 1670. The molecule has 1 atom stereocenters. The minimum Gasteiger partial charge on any atom is -0.489 e. The van der Waals surface area contributed by atoms with Crippen LogP contribution in [0.25, 0.3) is 10.9 Å². The number of amides is 2. The molecule has 1 aliphatic heterocycles.